The van der Waals surface area contributed by atoms with Gasteiger partial charge in [-0.2, -0.15) is 0 Å². The van der Waals surface area contributed by atoms with E-state index in [4.69, 9.17) is 4.74 Å². The van der Waals surface area contributed by atoms with Gasteiger partial charge in [0.25, 0.3) is 0 Å². The molecule has 6 heteroatoms. The Bertz CT molecular complexity index is 357. The second kappa shape index (κ2) is 9.50. The minimum Gasteiger partial charge on any atom is -0.394 e. The first-order chi connectivity index (χ1) is 9.73. The van der Waals surface area contributed by atoms with Crippen molar-refractivity contribution in [2.75, 3.05) is 30.4 Å². The summed E-state index contributed by atoms with van der Waals surface area (Å²) < 4.78 is 5.36. The molecule has 0 aliphatic rings. The van der Waals surface area contributed by atoms with Gasteiger partial charge in [0.2, 0.25) is 0 Å². The molecule has 1 atom stereocenters. The lowest BCUT2D eigenvalue weighted by molar-refractivity contribution is 0.128. The predicted molar refractivity (Wildman–Crippen MR) is 80.9 cm³/mol. The van der Waals surface area contributed by atoms with Gasteiger partial charge < -0.3 is 20.5 Å². The molecule has 0 aromatic carbocycles. The molecule has 0 spiro atoms. The van der Waals surface area contributed by atoms with Crippen LogP contribution in [0, 0.1) is 0 Å². The molecule has 0 amide bonds. The van der Waals surface area contributed by atoms with Gasteiger partial charge in [0.1, 0.15) is 18.2 Å². The summed E-state index contributed by atoms with van der Waals surface area (Å²) in [6.07, 6.45) is 1.86. The van der Waals surface area contributed by atoms with E-state index in [-0.39, 0.29) is 12.6 Å². The first-order valence-corrected chi connectivity index (χ1v) is 7.30. The molecule has 0 radical (unpaired) electrons. The summed E-state index contributed by atoms with van der Waals surface area (Å²) in [5.41, 5.74) is 0. The van der Waals surface area contributed by atoms with Gasteiger partial charge in [-0.1, -0.05) is 13.8 Å². The smallest absolute Gasteiger partial charge is 0.158 e. The molecular weight excluding hydrogens is 256 g/mol. The van der Waals surface area contributed by atoms with E-state index in [1.54, 1.807) is 0 Å². The molecule has 0 saturated heterocycles. The standard InChI is InChI=1S/C14H26N4O2/c1-4-7-15-12-8-13(16-11(5-2)9-19)18-14(17-12)10-20-6-3/h8,11,19H,4-7,9-10H2,1-3H3,(H2,15,16,17,18). The Morgan fingerprint density at radius 1 is 1.25 bits per heavy atom. The average Bonchev–Trinajstić information content (AvgIpc) is 2.48. The van der Waals surface area contributed by atoms with Crippen molar-refractivity contribution in [1.82, 2.24) is 9.97 Å². The number of aliphatic hydroxyl groups excluding tert-OH is 1. The van der Waals surface area contributed by atoms with Crippen molar-refractivity contribution in [1.29, 1.82) is 0 Å². The predicted octanol–water partition coefficient (Wildman–Crippen LogP) is 2.02. The van der Waals surface area contributed by atoms with Crippen LogP contribution in [-0.4, -0.2) is 40.9 Å². The van der Waals surface area contributed by atoms with Crippen LogP contribution >= 0.6 is 0 Å². The van der Waals surface area contributed by atoms with Crippen molar-refractivity contribution in [3.05, 3.63) is 11.9 Å². The van der Waals surface area contributed by atoms with Crippen molar-refractivity contribution in [2.45, 2.75) is 46.3 Å². The summed E-state index contributed by atoms with van der Waals surface area (Å²) in [6, 6.07) is 1.87. The van der Waals surface area contributed by atoms with Crippen LogP contribution in [0.4, 0.5) is 11.6 Å². The van der Waals surface area contributed by atoms with E-state index in [2.05, 4.69) is 27.5 Å². The van der Waals surface area contributed by atoms with Gasteiger partial charge in [-0.05, 0) is 19.8 Å². The number of rotatable bonds is 10. The highest BCUT2D eigenvalue weighted by Crippen LogP contribution is 2.14. The highest BCUT2D eigenvalue weighted by molar-refractivity contribution is 5.48. The van der Waals surface area contributed by atoms with E-state index in [1.807, 2.05) is 19.9 Å². The van der Waals surface area contributed by atoms with Crippen LogP contribution in [0.1, 0.15) is 39.4 Å². The number of hydrogen-bond acceptors (Lipinski definition) is 6. The second-order valence-corrected chi connectivity index (χ2v) is 4.55. The molecule has 1 aromatic heterocycles. The van der Waals surface area contributed by atoms with Gasteiger partial charge in [0, 0.05) is 19.2 Å². The topological polar surface area (TPSA) is 79.3 Å². The summed E-state index contributed by atoms with van der Waals surface area (Å²) in [4.78, 5) is 8.83. The number of anilines is 2. The minimum atomic E-state index is 0.00358. The monoisotopic (exact) mass is 282 g/mol. The van der Waals surface area contributed by atoms with Gasteiger partial charge in [-0.3, -0.25) is 0 Å². The van der Waals surface area contributed by atoms with E-state index in [0.717, 1.165) is 25.2 Å². The van der Waals surface area contributed by atoms with Crippen LogP contribution in [-0.2, 0) is 11.3 Å². The van der Waals surface area contributed by atoms with Crippen LogP contribution in [0.15, 0.2) is 6.07 Å². The number of nitrogens with zero attached hydrogens (tertiary/aromatic N) is 2. The van der Waals surface area contributed by atoms with Crippen LogP contribution in [0.3, 0.4) is 0 Å². The summed E-state index contributed by atoms with van der Waals surface area (Å²) >= 11 is 0. The second-order valence-electron chi connectivity index (χ2n) is 4.55. The molecule has 0 fully saturated rings. The fraction of sp³-hybridized carbons (Fsp3) is 0.714. The average molecular weight is 282 g/mol. The van der Waals surface area contributed by atoms with Crippen LogP contribution in [0.5, 0.6) is 0 Å². The molecule has 1 unspecified atom stereocenters. The molecule has 0 aliphatic heterocycles. The summed E-state index contributed by atoms with van der Waals surface area (Å²) in [7, 11) is 0. The van der Waals surface area contributed by atoms with Crippen molar-refractivity contribution in [2.24, 2.45) is 0 Å². The van der Waals surface area contributed by atoms with E-state index in [9.17, 15) is 5.11 Å². The molecule has 1 rings (SSSR count). The van der Waals surface area contributed by atoms with Crippen molar-refractivity contribution >= 4 is 11.6 Å². The summed E-state index contributed by atoms with van der Waals surface area (Å²) in [5.74, 6) is 2.14. The number of aliphatic hydroxyl groups is 1. The van der Waals surface area contributed by atoms with E-state index in [1.165, 1.54) is 0 Å². The highest BCUT2D eigenvalue weighted by Gasteiger charge is 2.09. The summed E-state index contributed by atoms with van der Waals surface area (Å²) in [6.45, 7) is 8.04. The van der Waals surface area contributed by atoms with Crippen LogP contribution < -0.4 is 10.6 Å². The third kappa shape index (κ3) is 5.71. The molecular formula is C14H26N4O2. The zero-order valence-corrected chi connectivity index (χ0v) is 12.6. The largest absolute Gasteiger partial charge is 0.394 e. The SMILES string of the molecule is CCCNc1cc(NC(CC)CO)nc(COCC)n1. The summed E-state index contributed by atoms with van der Waals surface area (Å²) in [5, 5.41) is 15.7. The maximum Gasteiger partial charge on any atom is 0.158 e. The third-order valence-electron chi connectivity index (χ3n) is 2.83. The fourth-order valence-corrected chi connectivity index (χ4v) is 1.66. The highest BCUT2D eigenvalue weighted by atomic mass is 16.5. The Balaban J connectivity index is 2.84. The maximum atomic E-state index is 9.26. The number of nitrogens with one attached hydrogen (secondary N) is 2. The normalized spacial score (nSPS) is 12.2. The Labute approximate surface area is 121 Å². The number of ether oxygens (including phenoxy) is 1. The van der Waals surface area contributed by atoms with Crippen molar-refractivity contribution in [3.63, 3.8) is 0 Å². The van der Waals surface area contributed by atoms with Gasteiger partial charge in [0.15, 0.2) is 5.82 Å². The first kappa shape index (κ1) is 16.7. The molecule has 6 nitrogen and oxygen atoms in total. The minimum absolute atomic E-state index is 0.00358. The molecule has 1 heterocycles. The van der Waals surface area contributed by atoms with Gasteiger partial charge in [-0.15, -0.1) is 0 Å². The number of aromatic nitrogens is 2. The zero-order chi connectivity index (χ0) is 14.8. The van der Waals surface area contributed by atoms with E-state index < -0.39 is 0 Å². The Morgan fingerprint density at radius 3 is 2.60 bits per heavy atom. The van der Waals surface area contributed by atoms with Gasteiger partial charge in [-0.25, -0.2) is 9.97 Å². The first-order valence-electron chi connectivity index (χ1n) is 7.30. The molecule has 0 bridgehead atoms. The van der Waals surface area contributed by atoms with Gasteiger partial charge >= 0.3 is 0 Å². The lowest BCUT2D eigenvalue weighted by Gasteiger charge is -2.16. The van der Waals surface area contributed by atoms with E-state index in [0.29, 0.717) is 24.9 Å². The van der Waals surface area contributed by atoms with Crippen LogP contribution in [0.25, 0.3) is 0 Å². The van der Waals surface area contributed by atoms with Gasteiger partial charge in [0.05, 0.1) is 12.6 Å². The molecule has 0 saturated carbocycles. The van der Waals surface area contributed by atoms with E-state index >= 15 is 0 Å². The van der Waals surface area contributed by atoms with Crippen molar-refractivity contribution < 1.29 is 9.84 Å². The molecule has 3 N–H and O–H groups in total. The molecule has 0 aliphatic carbocycles. The fourth-order valence-electron chi connectivity index (χ4n) is 1.66. The molecule has 114 valence electrons. The quantitative estimate of drug-likeness (QED) is 0.609. The molecule has 20 heavy (non-hydrogen) atoms. The molecule has 1 aromatic rings. The lowest BCUT2D eigenvalue weighted by Crippen LogP contribution is -2.23. The lowest BCUT2D eigenvalue weighted by atomic mass is 10.2. The zero-order valence-electron chi connectivity index (χ0n) is 12.6. The van der Waals surface area contributed by atoms with Crippen molar-refractivity contribution in [3.8, 4) is 0 Å². The Morgan fingerprint density at radius 2 is 2.00 bits per heavy atom. The third-order valence-corrected chi connectivity index (χ3v) is 2.83. The number of hydrogen-bond donors (Lipinski definition) is 3. The van der Waals surface area contributed by atoms with Crippen LogP contribution in [0.2, 0.25) is 0 Å². The Hall–Kier alpha value is -1.40. The maximum absolute atomic E-state index is 9.26. The Kier molecular flexibility index (Phi) is 7.91.